The van der Waals surface area contributed by atoms with E-state index in [9.17, 15) is 9.59 Å². The summed E-state index contributed by atoms with van der Waals surface area (Å²) in [6.07, 6.45) is 2.52. The van der Waals surface area contributed by atoms with Crippen LogP contribution in [0, 0.1) is 5.92 Å². The molecule has 2 N–H and O–H groups in total. The molecule has 2 aromatic heterocycles. The number of imidazole rings is 1. The van der Waals surface area contributed by atoms with E-state index in [0.29, 0.717) is 31.1 Å². The van der Waals surface area contributed by atoms with Crippen LogP contribution in [0.25, 0.3) is 0 Å². The summed E-state index contributed by atoms with van der Waals surface area (Å²) in [4.78, 5) is 36.4. The standard InChI is InChI=1S/C17H21ClN4O5/c1-3-10-14(18)21-15(19-10)12(23)6-9-4-5-22(7-13(9)26-2)17-20-11(8-27-17)16(24)25/h8-9,13H,3-7H2,1-2H3,(H,19,21)(H,24,25)/t9-,13-/m0/s1. The zero-order valence-electron chi connectivity index (χ0n) is 15.1. The number of anilines is 1. The maximum atomic E-state index is 12.6. The van der Waals surface area contributed by atoms with E-state index in [-0.39, 0.29) is 41.8 Å². The first-order valence-corrected chi connectivity index (χ1v) is 9.04. The lowest BCUT2D eigenvalue weighted by atomic mass is 9.89. The Morgan fingerprint density at radius 2 is 2.26 bits per heavy atom. The van der Waals surface area contributed by atoms with Crippen molar-refractivity contribution in [1.82, 2.24) is 15.0 Å². The predicted octanol–water partition coefficient (Wildman–Crippen LogP) is 2.43. The van der Waals surface area contributed by atoms with E-state index in [4.69, 9.17) is 25.9 Å². The van der Waals surface area contributed by atoms with Crippen molar-refractivity contribution in [3.05, 3.63) is 28.6 Å². The lowest BCUT2D eigenvalue weighted by Crippen LogP contribution is -2.45. The van der Waals surface area contributed by atoms with Gasteiger partial charge in [-0.25, -0.2) is 9.78 Å². The van der Waals surface area contributed by atoms with Crippen molar-refractivity contribution in [2.75, 3.05) is 25.1 Å². The number of Topliss-reactive ketones (excluding diaryl/α,β-unsaturated/α-hetero) is 1. The van der Waals surface area contributed by atoms with Crippen molar-refractivity contribution >= 4 is 29.4 Å². The SMILES string of the molecule is CCc1[nH]c(C(=O)C[C@@H]2CCN(c3nc(C(=O)O)co3)C[C@@H]2OC)nc1Cl. The number of hydrogen-bond acceptors (Lipinski definition) is 7. The number of ketones is 1. The van der Waals surface area contributed by atoms with Gasteiger partial charge in [0.05, 0.1) is 11.8 Å². The number of carbonyl (C=O) groups excluding carboxylic acids is 1. The van der Waals surface area contributed by atoms with E-state index in [0.717, 1.165) is 12.0 Å². The van der Waals surface area contributed by atoms with E-state index in [1.54, 1.807) is 7.11 Å². The molecule has 0 aliphatic carbocycles. The summed E-state index contributed by atoms with van der Waals surface area (Å²) in [7, 11) is 1.59. The second-order valence-corrected chi connectivity index (χ2v) is 6.78. The minimum absolute atomic E-state index is 0.00149. The lowest BCUT2D eigenvalue weighted by Gasteiger charge is -2.36. The largest absolute Gasteiger partial charge is 0.476 e. The number of methoxy groups -OCH3 is 1. The average molecular weight is 397 g/mol. The summed E-state index contributed by atoms with van der Waals surface area (Å²) in [6, 6.07) is 0.240. The zero-order valence-corrected chi connectivity index (χ0v) is 15.8. The highest BCUT2D eigenvalue weighted by Crippen LogP contribution is 2.28. The number of halogens is 1. The Morgan fingerprint density at radius 3 is 2.85 bits per heavy atom. The number of carboxylic acids is 1. The van der Waals surface area contributed by atoms with Crippen LogP contribution in [-0.2, 0) is 11.2 Å². The van der Waals surface area contributed by atoms with Crippen LogP contribution in [0.2, 0.25) is 5.15 Å². The maximum absolute atomic E-state index is 12.6. The summed E-state index contributed by atoms with van der Waals surface area (Å²) in [5, 5.41) is 9.29. The Bertz CT molecular complexity index is 833. The van der Waals surface area contributed by atoms with Crippen LogP contribution in [0.15, 0.2) is 10.7 Å². The number of aromatic nitrogens is 3. The summed E-state index contributed by atoms with van der Waals surface area (Å²) in [6.45, 7) is 2.96. The van der Waals surface area contributed by atoms with Gasteiger partial charge in [-0.05, 0) is 18.8 Å². The topological polar surface area (TPSA) is 122 Å². The molecule has 2 aromatic rings. The number of oxazole rings is 1. The molecule has 3 rings (SSSR count). The first kappa shape index (κ1) is 19.4. The number of rotatable bonds is 7. The van der Waals surface area contributed by atoms with Gasteiger partial charge in [-0.15, -0.1) is 0 Å². The number of H-pyrrole nitrogens is 1. The normalized spacial score (nSPS) is 20.0. The average Bonchev–Trinajstić information content (AvgIpc) is 3.29. The number of aromatic amines is 1. The number of nitrogens with zero attached hydrogens (tertiary/aromatic N) is 3. The van der Waals surface area contributed by atoms with Gasteiger partial charge >= 0.3 is 5.97 Å². The minimum Gasteiger partial charge on any atom is -0.476 e. The Hall–Kier alpha value is -2.39. The van der Waals surface area contributed by atoms with Gasteiger partial charge in [0.2, 0.25) is 0 Å². The number of hydrogen-bond donors (Lipinski definition) is 2. The van der Waals surface area contributed by atoms with Crippen molar-refractivity contribution in [1.29, 1.82) is 0 Å². The molecular weight excluding hydrogens is 376 g/mol. The van der Waals surface area contributed by atoms with E-state index >= 15 is 0 Å². The second-order valence-electron chi connectivity index (χ2n) is 6.43. The molecule has 0 amide bonds. The van der Waals surface area contributed by atoms with Gasteiger partial charge in [0.25, 0.3) is 6.01 Å². The van der Waals surface area contributed by atoms with Gasteiger partial charge in [-0.3, -0.25) is 4.79 Å². The predicted molar refractivity (Wildman–Crippen MR) is 96.5 cm³/mol. The highest BCUT2D eigenvalue weighted by Gasteiger charge is 2.33. The molecule has 146 valence electrons. The van der Waals surface area contributed by atoms with Crippen LogP contribution < -0.4 is 4.90 Å². The molecule has 0 bridgehead atoms. The van der Waals surface area contributed by atoms with Crippen LogP contribution >= 0.6 is 11.6 Å². The number of nitrogens with one attached hydrogen (secondary N) is 1. The number of aryl methyl sites for hydroxylation is 1. The third kappa shape index (κ3) is 4.14. The number of aromatic carboxylic acids is 1. The summed E-state index contributed by atoms with van der Waals surface area (Å²) >= 11 is 6.01. The third-order valence-electron chi connectivity index (χ3n) is 4.77. The molecule has 1 aliphatic heterocycles. The molecule has 0 aromatic carbocycles. The highest BCUT2D eigenvalue weighted by atomic mass is 35.5. The molecule has 0 saturated carbocycles. The first-order valence-electron chi connectivity index (χ1n) is 8.67. The highest BCUT2D eigenvalue weighted by molar-refractivity contribution is 6.30. The van der Waals surface area contributed by atoms with Crippen LogP contribution in [0.3, 0.4) is 0 Å². The van der Waals surface area contributed by atoms with Crippen LogP contribution in [0.1, 0.15) is 46.6 Å². The van der Waals surface area contributed by atoms with Crippen molar-refractivity contribution < 1.29 is 23.8 Å². The molecule has 9 nitrogen and oxygen atoms in total. The molecule has 1 aliphatic rings. The zero-order chi connectivity index (χ0) is 19.6. The second kappa shape index (κ2) is 8.10. The summed E-state index contributed by atoms with van der Waals surface area (Å²) < 4.78 is 10.8. The van der Waals surface area contributed by atoms with Crippen molar-refractivity contribution in [2.24, 2.45) is 5.92 Å². The lowest BCUT2D eigenvalue weighted by molar-refractivity contribution is 0.0363. The van der Waals surface area contributed by atoms with Gasteiger partial charge in [-0.1, -0.05) is 18.5 Å². The molecule has 0 spiro atoms. The molecule has 1 saturated heterocycles. The molecule has 27 heavy (non-hydrogen) atoms. The van der Waals surface area contributed by atoms with Crippen LogP contribution in [-0.4, -0.2) is 58.1 Å². The Labute approximate surface area is 160 Å². The molecule has 3 heterocycles. The Balaban J connectivity index is 1.65. The van der Waals surface area contributed by atoms with E-state index in [1.165, 1.54) is 0 Å². The fraction of sp³-hybridized carbons (Fsp3) is 0.529. The fourth-order valence-electron chi connectivity index (χ4n) is 3.24. The van der Waals surface area contributed by atoms with Gasteiger partial charge in [-0.2, -0.15) is 4.98 Å². The van der Waals surface area contributed by atoms with Gasteiger partial charge in [0, 0.05) is 26.6 Å². The smallest absolute Gasteiger partial charge is 0.357 e. The molecule has 10 heteroatoms. The van der Waals surface area contributed by atoms with E-state index in [1.807, 2.05) is 11.8 Å². The monoisotopic (exact) mass is 396 g/mol. The molecule has 1 fully saturated rings. The quantitative estimate of drug-likeness (QED) is 0.684. The van der Waals surface area contributed by atoms with Gasteiger partial charge in [0.15, 0.2) is 22.5 Å². The molecular formula is C17H21ClN4O5. The van der Waals surface area contributed by atoms with Crippen molar-refractivity contribution in [3.8, 4) is 0 Å². The molecule has 0 unspecified atom stereocenters. The third-order valence-corrected chi connectivity index (χ3v) is 5.09. The Morgan fingerprint density at radius 1 is 1.48 bits per heavy atom. The number of piperidine rings is 1. The molecule has 2 atom stereocenters. The fourth-order valence-corrected chi connectivity index (χ4v) is 3.50. The maximum Gasteiger partial charge on any atom is 0.357 e. The summed E-state index contributed by atoms with van der Waals surface area (Å²) in [5.74, 6) is -0.978. The van der Waals surface area contributed by atoms with Crippen LogP contribution in [0.4, 0.5) is 6.01 Å². The van der Waals surface area contributed by atoms with Crippen molar-refractivity contribution in [3.63, 3.8) is 0 Å². The summed E-state index contributed by atoms with van der Waals surface area (Å²) in [5.41, 5.74) is 0.606. The Kier molecular flexibility index (Phi) is 5.81. The number of carboxylic acid groups (broad SMARTS) is 1. The first-order chi connectivity index (χ1) is 12.9. The van der Waals surface area contributed by atoms with Gasteiger partial charge in [0.1, 0.15) is 6.26 Å². The van der Waals surface area contributed by atoms with Crippen LogP contribution in [0.5, 0.6) is 0 Å². The van der Waals surface area contributed by atoms with Crippen molar-refractivity contribution in [2.45, 2.75) is 32.3 Å². The number of ether oxygens (including phenoxy) is 1. The minimum atomic E-state index is -1.14. The number of carbonyl (C=O) groups is 2. The molecule has 0 radical (unpaired) electrons. The van der Waals surface area contributed by atoms with Gasteiger partial charge < -0.3 is 24.1 Å². The van der Waals surface area contributed by atoms with E-state index in [2.05, 4.69) is 15.0 Å². The van der Waals surface area contributed by atoms with E-state index < -0.39 is 5.97 Å².